The van der Waals surface area contributed by atoms with Gasteiger partial charge in [0.05, 0.1) is 11.8 Å². The van der Waals surface area contributed by atoms with Gasteiger partial charge in [-0.05, 0) is 36.4 Å². The maximum Gasteiger partial charge on any atom is 0.275 e. The number of hydrogen-bond donors (Lipinski definition) is 0. The molecular formula is C21H15N3O2. The van der Waals surface area contributed by atoms with E-state index in [1.54, 1.807) is 12.4 Å². The number of nitrogens with zero attached hydrogens (tertiary/aromatic N) is 3. The fraction of sp³-hybridized carbons (Fsp3) is 0. The lowest BCUT2D eigenvalue weighted by Crippen LogP contribution is -2.21. The monoisotopic (exact) mass is 341 g/mol. The Morgan fingerprint density at radius 3 is 2.27 bits per heavy atom. The molecule has 2 heterocycles. The fourth-order valence-corrected chi connectivity index (χ4v) is 2.59. The summed E-state index contributed by atoms with van der Waals surface area (Å²) in [6.45, 7) is 0. The van der Waals surface area contributed by atoms with Gasteiger partial charge in [0, 0.05) is 18.0 Å². The zero-order valence-corrected chi connectivity index (χ0v) is 13.8. The molecule has 4 aromatic rings. The van der Waals surface area contributed by atoms with E-state index in [1.807, 2.05) is 72.8 Å². The van der Waals surface area contributed by atoms with E-state index in [-0.39, 0.29) is 5.56 Å². The van der Waals surface area contributed by atoms with Crippen molar-refractivity contribution in [3.63, 3.8) is 0 Å². The summed E-state index contributed by atoms with van der Waals surface area (Å²) >= 11 is 0. The Bertz CT molecular complexity index is 1060. The second kappa shape index (κ2) is 7.03. The summed E-state index contributed by atoms with van der Waals surface area (Å²) in [5.41, 5.74) is 1.73. The third kappa shape index (κ3) is 3.23. The zero-order chi connectivity index (χ0) is 17.8. The van der Waals surface area contributed by atoms with Gasteiger partial charge in [0.15, 0.2) is 5.75 Å². The first kappa shape index (κ1) is 15.8. The first-order chi connectivity index (χ1) is 12.8. The Balaban J connectivity index is 1.88. The molecule has 0 fully saturated rings. The Labute approximate surface area is 150 Å². The van der Waals surface area contributed by atoms with Gasteiger partial charge in [-0.2, -0.15) is 9.78 Å². The number of benzene rings is 2. The molecule has 0 amide bonds. The Morgan fingerprint density at radius 1 is 0.846 bits per heavy atom. The van der Waals surface area contributed by atoms with Crippen LogP contribution >= 0.6 is 0 Å². The first-order valence-corrected chi connectivity index (χ1v) is 8.14. The van der Waals surface area contributed by atoms with Crippen molar-refractivity contribution in [1.29, 1.82) is 0 Å². The van der Waals surface area contributed by atoms with Crippen LogP contribution < -0.4 is 10.3 Å². The summed E-state index contributed by atoms with van der Waals surface area (Å²) in [4.78, 5) is 16.8. The van der Waals surface area contributed by atoms with Crippen LogP contribution in [-0.2, 0) is 0 Å². The second-order valence-electron chi connectivity index (χ2n) is 5.60. The molecule has 0 atom stereocenters. The van der Waals surface area contributed by atoms with Gasteiger partial charge in [0.1, 0.15) is 11.4 Å². The summed E-state index contributed by atoms with van der Waals surface area (Å²) < 4.78 is 7.29. The lowest BCUT2D eigenvalue weighted by atomic mass is 10.2. The average Bonchev–Trinajstić information content (AvgIpc) is 2.70. The van der Waals surface area contributed by atoms with Gasteiger partial charge < -0.3 is 4.74 Å². The van der Waals surface area contributed by atoms with Crippen LogP contribution in [0.5, 0.6) is 11.5 Å². The van der Waals surface area contributed by atoms with Crippen LogP contribution in [0.3, 0.4) is 0 Å². The van der Waals surface area contributed by atoms with Crippen molar-refractivity contribution in [3.8, 4) is 28.4 Å². The minimum atomic E-state index is -0.269. The van der Waals surface area contributed by atoms with E-state index in [2.05, 4.69) is 10.1 Å². The molecule has 0 aliphatic rings. The molecule has 0 radical (unpaired) electrons. The predicted molar refractivity (Wildman–Crippen MR) is 99.6 cm³/mol. The number of pyridine rings is 1. The normalized spacial score (nSPS) is 10.5. The number of para-hydroxylation sites is 2. The summed E-state index contributed by atoms with van der Waals surface area (Å²) in [7, 11) is 0. The standard InChI is InChI=1S/C21H15N3O2/c25-20-14-19(26-18-11-5-2-6-12-18)21(16-8-7-13-22-15-16)23-24(20)17-9-3-1-4-10-17/h1-15H. The quantitative estimate of drug-likeness (QED) is 0.561. The van der Waals surface area contributed by atoms with E-state index in [4.69, 9.17) is 4.74 Å². The van der Waals surface area contributed by atoms with Crippen LogP contribution in [0.4, 0.5) is 0 Å². The highest BCUT2D eigenvalue weighted by Crippen LogP contribution is 2.30. The van der Waals surface area contributed by atoms with E-state index in [0.717, 1.165) is 5.56 Å². The molecule has 0 spiro atoms. The maximum absolute atomic E-state index is 12.6. The van der Waals surface area contributed by atoms with E-state index < -0.39 is 0 Å². The van der Waals surface area contributed by atoms with Crippen molar-refractivity contribution in [3.05, 3.63) is 102 Å². The van der Waals surface area contributed by atoms with Crippen LogP contribution in [0.25, 0.3) is 16.9 Å². The van der Waals surface area contributed by atoms with Crippen LogP contribution in [0.15, 0.2) is 96.1 Å². The molecule has 0 bridgehead atoms. The van der Waals surface area contributed by atoms with Crippen LogP contribution in [-0.4, -0.2) is 14.8 Å². The van der Waals surface area contributed by atoms with Crippen molar-refractivity contribution < 1.29 is 4.74 Å². The van der Waals surface area contributed by atoms with Gasteiger partial charge in [0.2, 0.25) is 0 Å². The van der Waals surface area contributed by atoms with Gasteiger partial charge in [-0.1, -0.05) is 36.4 Å². The van der Waals surface area contributed by atoms with Crippen molar-refractivity contribution in [2.75, 3.05) is 0 Å². The molecule has 2 aromatic carbocycles. The largest absolute Gasteiger partial charge is 0.455 e. The summed E-state index contributed by atoms with van der Waals surface area (Å²) in [5.74, 6) is 1.03. The Hall–Kier alpha value is -3.73. The van der Waals surface area contributed by atoms with Crippen molar-refractivity contribution in [1.82, 2.24) is 14.8 Å². The molecule has 0 unspecified atom stereocenters. The van der Waals surface area contributed by atoms with Gasteiger partial charge in [-0.25, -0.2) is 0 Å². The molecule has 0 N–H and O–H groups in total. The van der Waals surface area contributed by atoms with E-state index in [0.29, 0.717) is 22.9 Å². The second-order valence-corrected chi connectivity index (χ2v) is 5.60. The molecule has 5 heteroatoms. The first-order valence-electron chi connectivity index (χ1n) is 8.14. The van der Waals surface area contributed by atoms with Gasteiger partial charge in [-0.15, -0.1) is 0 Å². The third-order valence-electron chi connectivity index (χ3n) is 3.80. The van der Waals surface area contributed by atoms with Gasteiger partial charge in [-0.3, -0.25) is 9.78 Å². The molecule has 126 valence electrons. The summed E-state index contributed by atoms with van der Waals surface area (Å²) in [5, 5.41) is 4.55. The number of ether oxygens (including phenoxy) is 1. The molecule has 2 aromatic heterocycles. The van der Waals surface area contributed by atoms with Crippen LogP contribution in [0.1, 0.15) is 0 Å². The van der Waals surface area contributed by atoms with Crippen molar-refractivity contribution >= 4 is 0 Å². The van der Waals surface area contributed by atoms with Gasteiger partial charge in [0.25, 0.3) is 5.56 Å². The topological polar surface area (TPSA) is 57.0 Å². The lowest BCUT2D eigenvalue weighted by molar-refractivity contribution is 0.477. The number of rotatable bonds is 4. The smallest absolute Gasteiger partial charge is 0.275 e. The van der Waals surface area contributed by atoms with Gasteiger partial charge >= 0.3 is 0 Å². The molecular weight excluding hydrogens is 326 g/mol. The lowest BCUT2D eigenvalue weighted by Gasteiger charge is -2.13. The SMILES string of the molecule is O=c1cc(Oc2ccccc2)c(-c2cccnc2)nn1-c1ccccc1. The number of aromatic nitrogens is 3. The Morgan fingerprint density at radius 2 is 1.58 bits per heavy atom. The minimum absolute atomic E-state index is 0.269. The number of hydrogen-bond acceptors (Lipinski definition) is 4. The highest BCUT2D eigenvalue weighted by Gasteiger charge is 2.14. The summed E-state index contributed by atoms with van der Waals surface area (Å²) in [6, 6.07) is 23.7. The van der Waals surface area contributed by atoms with Crippen molar-refractivity contribution in [2.45, 2.75) is 0 Å². The maximum atomic E-state index is 12.6. The molecule has 0 aliphatic carbocycles. The van der Waals surface area contributed by atoms with E-state index in [9.17, 15) is 4.79 Å². The summed E-state index contributed by atoms with van der Waals surface area (Å²) in [6.07, 6.45) is 3.38. The fourth-order valence-electron chi connectivity index (χ4n) is 2.59. The molecule has 0 saturated heterocycles. The van der Waals surface area contributed by atoms with Crippen molar-refractivity contribution in [2.24, 2.45) is 0 Å². The highest BCUT2D eigenvalue weighted by atomic mass is 16.5. The molecule has 4 rings (SSSR count). The van der Waals surface area contributed by atoms with E-state index in [1.165, 1.54) is 10.7 Å². The van der Waals surface area contributed by atoms with Crippen LogP contribution in [0, 0.1) is 0 Å². The third-order valence-corrected chi connectivity index (χ3v) is 3.80. The predicted octanol–water partition coefficient (Wildman–Crippen LogP) is 4.09. The molecule has 26 heavy (non-hydrogen) atoms. The minimum Gasteiger partial charge on any atom is -0.455 e. The van der Waals surface area contributed by atoms with E-state index >= 15 is 0 Å². The molecule has 0 saturated carbocycles. The Kier molecular flexibility index (Phi) is 4.26. The average molecular weight is 341 g/mol. The highest BCUT2D eigenvalue weighted by molar-refractivity contribution is 5.65. The molecule has 5 nitrogen and oxygen atoms in total. The van der Waals surface area contributed by atoms with Crippen LogP contribution in [0.2, 0.25) is 0 Å². The molecule has 0 aliphatic heterocycles. The zero-order valence-electron chi connectivity index (χ0n) is 13.8.